The first-order chi connectivity index (χ1) is 14.2. The maximum atomic E-state index is 13.6. The highest BCUT2D eigenvalue weighted by Gasteiger charge is 2.19. The lowest BCUT2D eigenvalue weighted by atomic mass is 10.0. The number of pyridine rings is 1. The van der Waals surface area contributed by atoms with Crippen LogP contribution in [0.2, 0.25) is 0 Å². The summed E-state index contributed by atoms with van der Waals surface area (Å²) in [5, 5.41) is 0.938. The average Bonchev–Trinajstić information content (AvgIpc) is 2.77. The normalized spacial score (nSPS) is 11.0. The third-order valence-corrected chi connectivity index (χ3v) is 5.37. The number of amides is 1. The maximum Gasteiger partial charge on any atom is 0.254 e. The first-order valence-electron chi connectivity index (χ1n) is 11.0. The predicted octanol–water partition coefficient (Wildman–Crippen LogP) is 6.72. The van der Waals surface area contributed by atoms with Gasteiger partial charge in [-0.3, -0.25) is 4.79 Å². The minimum Gasteiger partial charge on any atom is -0.339 e. The van der Waals surface area contributed by atoms with Gasteiger partial charge in [0.15, 0.2) is 0 Å². The maximum absolute atomic E-state index is 13.6. The van der Waals surface area contributed by atoms with E-state index < -0.39 is 0 Å². The van der Waals surface area contributed by atoms with Gasteiger partial charge >= 0.3 is 0 Å². The number of unbranched alkanes of at least 4 members (excludes halogenated alkanes) is 4. The highest BCUT2D eigenvalue weighted by atomic mass is 16.2. The van der Waals surface area contributed by atoms with Crippen molar-refractivity contribution in [2.75, 3.05) is 13.1 Å². The van der Waals surface area contributed by atoms with E-state index in [1.807, 2.05) is 60.7 Å². The molecule has 29 heavy (non-hydrogen) atoms. The van der Waals surface area contributed by atoms with E-state index in [0.29, 0.717) is 0 Å². The third-order valence-electron chi connectivity index (χ3n) is 5.37. The SMILES string of the molecule is CCCCCN(CCCCC)C(=O)c1cc(-c2ccccc2)nc2ccccc12. The fraction of sp³-hybridized carbons (Fsp3) is 0.385. The van der Waals surface area contributed by atoms with Crippen molar-refractivity contribution in [3.8, 4) is 11.3 Å². The molecular formula is C26H32N2O. The Morgan fingerprint density at radius 1 is 0.828 bits per heavy atom. The molecule has 0 spiro atoms. The molecule has 0 saturated carbocycles. The molecule has 3 nitrogen and oxygen atoms in total. The lowest BCUT2D eigenvalue weighted by Gasteiger charge is -2.24. The van der Waals surface area contributed by atoms with Gasteiger partial charge in [-0.1, -0.05) is 88.1 Å². The minimum atomic E-state index is 0.132. The van der Waals surface area contributed by atoms with Crippen LogP contribution in [-0.4, -0.2) is 28.9 Å². The predicted molar refractivity (Wildman–Crippen MR) is 122 cm³/mol. The van der Waals surface area contributed by atoms with E-state index in [0.717, 1.165) is 79.3 Å². The largest absolute Gasteiger partial charge is 0.339 e. The zero-order chi connectivity index (χ0) is 20.5. The second-order valence-electron chi connectivity index (χ2n) is 7.64. The van der Waals surface area contributed by atoms with Gasteiger partial charge in [-0.15, -0.1) is 0 Å². The number of carbonyl (C=O) groups is 1. The van der Waals surface area contributed by atoms with Gasteiger partial charge in [0.1, 0.15) is 0 Å². The van der Waals surface area contributed by atoms with Gasteiger partial charge in [-0.2, -0.15) is 0 Å². The van der Waals surface area contributed by atoms with Crippen LogP contribution in [0.5, 0.6) is 0 Å². The van der Waals surface area contributed by atoms with E-state index in [1.54, 1.807) is 0 Å². The summed E-state index contributed by atoms with van der Waals surface area (Å²) in [4.78, 5) is 20.5. The zero-order valence-electron chi connectivity index (χ0n) is 17.7. The Bertz CT molecular complexity index is 910. The highest BCUT2D eigenvalue weighted by Crippen LogP contribution is 2.26. The molecular weight excluding hydrogens is 356 g/mol. The van der Waals surface area contributed by atoms with Crippen LogP contribution in [-0.2, 0) is 0 Å². The van der Waals surface area contributed by atoms with Crippen molar-refractivity contribution < 1.29 is 4.79 Å². The molecule has 0 aliphatic carbocycles. The van der Waals surface area contributed by atoms with Crippen LogP contribution in [0.4, 0.5) is 0 Å². The monoisotopic (exact) mass is 388 g/mol. The summed E-state index contributed by atoms with van der Waals surface area (Å²) in [7, 11) is 0. The third kappa shape index (κ3) is 5.44. The number of aromatic nitrogens is 1. The Balaban J connectivity index is 1.99. The van der Waals surface area contributed by atoms with Gasteiger partial charge in [0.2, 0.25) is 0 Å². The number of hydrogen-bond donors (Lipinski definition) is 0. The van der Waals surface area contributed by atoms with E-state index in [9.17, 15) is 4.79 Å². The number of benzene rings is 2. The standard InChI is InChI=1S/C26H32N2O/c1-3-5-12-18-28(19-13-6-4-2)26(29)23-20-25(21-14-8-7-9-15-21)27-24-17-11-10-16-22(23)24/h7-11,14-17,20H,3-6,12-13,18-19H2,1-2H3. The molecule has 3 rings (SSSR count). The van der Waals surface area contributed by atoms with Crippen molar-refractivity contribution in [3.05, 3.63) is 66.2 Å². The van der Waals surface area contributed by atoms with Gasteiger partial charge in [0.05, 0.1) is 16.8 Å². The van der Waals surface area contributed by atoms with Crippen molar-refractivity contribution >= 4 is 16.8 Å². The van der Waals surface area contributed by atoms with Crippen molar-refractivity contribution in [2.45, 2.75) is 52.4 Å². The molecule has 1 aromatic heterocycles. The quantitative estimate of drug-likeness (QED) is 0.361. The molecule has 0 unspecified atom stereocenters. The molecule has 3 heteroatoms. The molecule has 0 radical (unpaired) electrons. The highest BCUT2D eigenvalue weighted by molar-refractivity contribution is 6.07. The molecule has 2 aromatic carbocycles. The van der Waals surface area contributed by atoms with Gasteiger partial charge in [-0.25, -0.2) is 4.98 Å². The molecule has 0 aliphatic rings. The molecule has 1 amide bonds. The number of nitrogens with zero attached hydrogens (tertiary/aromatic N) is 2. The summed E-state index contributed by atoms with van der Waals surface area (Å²) in [6, 6.07) is 20.1. The topological polar surface area (TPSA) is 33.2 Å². The van der Waals surface area contributed by atoms with Gasteiger partial charge in [0.25, 0.3) is 5.91 Å². The minimum absolute atomic E-state index is 0.132. The van der Waals surface area contributed by atoms with Gasteiger partial charge < -0.3 is 4.90 Å². The van der Waals surface area contributed by atoms with Crippen LogP contribution in [0, 0.1) is 0 Å². The number of rotatable bonds is 10. The summed E-state index contributed by atoms with van der Waals surface area (Å²) in [5.74, 6) is 0.132. The van der Waals surface area contributed by atoms with Crippen LogP contribution in [0.15, 0.2) is 60.7 Å². The molecule has 0 saturated heterocycles. The van der Waals surface area contributed by atoms with Crippen molar-refractivity contribution in [2.24, 2.45) is 0 Å². The Morgan fingerprint density at radius 2 is 1.45 bits per heavy atom. The number of hydrogen-bond acceptors (Lipinski definition) is 2. The number of carbonyl (C=O) groups excluding carboxylic acids is 1. The van der Waals surface area contributed by atoms with Crippen molar-refractivity contribution in [1.29, 1.82) is 0 Å². The Hall–Kier alpha value is -2.68. The van der Waals surface area contributed by atoms with Gasteiger partial charge in [0, 0.05) is 24.0 Å². The lowest BCUT2D eigenvalue weighted by molar-refractivity contribution is 0.0751. The van der Waals surface area contributed by atoms with Gasteiger partial charge in [-0.05, 0) is 25.0 Å². The van der Waals surface area contributed by atoms with Crippen LogP contribution in [0.1, 0.15) is 62.7 Å². The smallest absolute Gasteiger partial charge is 0.254 e. The first kappa shape index (κ1) is 21.0. The Kier molecular flexibility index (Phi) is 7.80. The first-order valence-corrected chi connectivity index (χ1v) is 11.0. The van der Waals surface area contributed by atoms with Crippen molar-refractivity contribution in [3.63, 3.8) is 0 Å². The second kappa shape index (κ2) is 10.8. The molecule has 0 fully saturated rings. The van der Waals surface area contributed by atoms with E-state index >= 15 is 0 Å². The fourth-order valence-corrected chi connectivity index (χ4v) is 3.70. The van der Waals surface area contributed by atoms with E-state index in [4.69, 9.17) is 4.98 Å². The molecule has 0 bridgehead atoms. The summed E-state index contributed by atoms with van der Waals surface area (Å²) in [5.41, 5.74) is 3.53. The molecule has 3 aromatic rings. The summed E-state index contributed by atoms with van der Waals surface area (Å²) in [6.07, 6.45) is 6.75. The second-order valence-corrected chi connectivity index (χ2v) is 7.64. The Labute approximate surface area is 174 Å². The molecule has 152 valence electrons. The van der Waals surface area contributed by atoms with Crippen LogP contribution in [0.25, 0.3) is 22.2 Å². The zero-order valence-corrected chi connectivity index (χ0v) is 17.7. The number of para-hydroxylation sites is 1. The summed E-state index contributed by atoms with van der Waals surface area (Å²) >= 11 is 0. The van der Waals surface area contributed by atoms with E-state index in [1.165, 1.54) is 0 Å². The molecule has 1 heterocycles. The molecule has 0 N–H and O–H groups in total. The van der Waals surface area contributed by atoms with Crippen LogP contribution >= 0.6 is 0 Å². The van der Waals surface area contributed by atoms with Crippen LogP contribution in [0.3, 0.4) is 0 Å². The van der Waals surface area contributed by atoms with Crippen molar-refractivity contribution in [1.82, 2.24) is 9.88 Å². The molecule has 0 aliphatic heterocycles. The lowest BCUT2D eigenvalue weighted by Crippen LogP contribution is -2.33. The molecule has 0 atom stereocenters. The van der Waals surface area contributed by atoms with Crippen LogP contribution < -0.4 is 0 Å². The fourth-order valence-electron chi connectivity index (χ4n) is 3.70. The Morgan fingerprint density at radius 3 is 2.10 bits per heavy atom. The summed E-state index contributed by atoms with van der Waals surface area (Å²) < 4.78 is 0. The van der Waals surface area contributed by atoms with E-state index in [2.05, 4.69) is 18.7 Å². The summed E-state index contributed by atoms with van der Waals surface area (Å²) in [6.45, 7) is 6.05. The average molecular weight is 389 g/mol. The van der Waals surface area contributed by atoms with E-state index in [-0.39, 0.29) is 5.91 Å². The number of fused-ring (bicyclic) bond motifs is 1.